The molecule has 0 atom stereocenters. The van der Waals surface area contributed by atoms with Gasteiger partial charge < -0.3 is 26.2 Å². The van der Waals surface area contributed by atoms with Crippen molar-refractivity contribution in [3.05, 3.63) is 59.7 Å². The molecule has 0 saturated carbocycles. The summed E-state index contributed by atoms with van der Waals surface area (Å²) in [4.78, 5) is 19.4. The van der Waals surface area contributed by atoms with Gasteiger partial charge in [-0.1, -0.05) is 18.2 Å². The molecule has 14 nitrogen and oxygen atoms in total. The van der Waals surface area contributed by atoms with Gasteiger partial charge in [-0.3, -0.25) is 14.8 Å². The van der Waals surface area contributed by atoms with E-state index in [9.17, 15) is 31.8 Å². The average Bonchev–Trinajstić information content (AvgIpc) is 3.27. The van der Waals surface area contributed by atoms with Crippen molar-refractivity contribution in [1.29, 1.82) is 5.41 Å². The van der Waals surface area contributed by atoms with Crippen LogP contribution in [-0.4, -0.2) is 65.6 Å². The van der Waals surface area contributed by atoms with Crippen LogP contribution in [0.4, 0.5) is 0 Å². The monoisotopic (exact) mass is 588 g/mol. The fourth-order valence-corrected chi connectivity index (χ4v) is 5.49. The summed E-state index contributed by atoms with van der Waals surface area (Å²) in [6.45, 7) is -0.457. The van der Waals surface area contributed by atoms with Gasteiger partial charge in [-0.25, -0.2) is 18.5 Å². The maximum absolute atomic E-state index is 12.8. The largest absolute Gasteiger partial charge is 0.507 e. The highest BCUT2D eigenvalue weighted by Gasteiger charge is 2.29. The van der Waals surface area contributed by atoms with Crippen LogP contribution in [0.2, 0.25) is 0 Å². The minimum atomic E-state index is -4.63. The number of carbonyl (C=O) groups excluding carboxylic acids is 1. The van der Waals surface area contributed by atoms with Gasteiger partial charge in [0.25, 0.3) is 10.1 Å². The summed E-state index contributed by atoms with van der Waals surface area (Å²) >= 11 is 0. The number of amides is 1. The van der Waals surface area contributed by atoms with Crippen molar-refractivity contribution in [2.24, 2.45) is 10.9 Å². The highest BCUT2D eigenvalue weighted by molar-refractivity contribution is 7.89. The molecule has 0 aliphatic carbocycles. The number of aromatic amines is 1. The van der Waals surface area contributed by atoms with Gasteiger partial charge >= 0.3 is 0 Å². The summed E-state index contributed by atoms with van der Waals surface area (Å²) < 4.78 is 56.5. The van der Waals surface area contributed by atoms with Crippen molar-refractivity contribution in [3.8, 4) is 34.0 Å². The molecule has 3 aromatic carbocycles. The van der Waals surface area contributed by atoms with E-state index >= 15 is 0 Å². The van der Waals surface area contributed by atoms with E-state index in [2.05, 4.69) is 15.3 Å². The molecule has 0 bridgehead atoms. The Bertz CT molecular complexity index is 1880. The van der Waals surface area contributed by atoms with E-state index in [1.54, 1.807) is 18.2 Å². The fraction of sp³-hybridized carbons (Fsp3) is 0.125. The molecular weight excluding hydrogens is 564 g/mol. The quantitative estimate of drug-likeness (QED) is 0.0773. The molecule has 4 rings (SSSR count). The topological polar surface area (TPSA) is 263 Å². The molecule has 1 amide bonds. The van der Waals surface area contributed by atoms with E-state index in [0.717, 1.165) is 0 Å². The number of phenolic OH excluding ortho intramolecular Hbond substituents is 2. The highest BCUT2D eigenvalue weighted by Crippen LogP contribution is 2.46. The first-order chi connectivity index (χ1) is 18.7. The second-order valence-electron chi connectivity index (χ2n) is 8.74. The second kappa shape index (κ2) is 10.6. The molecule has 0 radical (unpaired) electrons. The lowest BCUT2D eigenvalue weighted by Crippen LogP contribution is -2.31. The zero-order valence-electron chi connectivity index (χ0n) is 20.5. The summed E-state index contributed by atoms with van der Waals surface area (Å²) in [7, 11) is -9.00. The van der Waals surface area contributed by atoms with Crippen LogP contribution < -0.4 is 16.2 Å². The Kier molecular flexibility index (Phi) is 7.53. The zero-order valence-corrected chi connectivity index (χ0v) is 22.2. The molecule has 210 valence electrons. The van der Waals surface area contributed by atoms with Gasteiger partial charge in [-0.2, -0.15) is 8.42 Å². The number of carbonyl (C=O) groups is 1. The number of amidine groups is 1. The van der Waals surface area contributed by atoms with Crippen molar-refractivity contribution in [1.82, 2.24) is 15.3 Å². The number of hydrogen-bond acceptors (Lipinski definition) is 9. The van der Waals surface area contributed by atoms with Crippen LogP contribution in [-0.2, 0) is 31.4 Å². The van der Waals surface area contributed by atoms with Gasteiger partial charge in [0, 0.05) is 23.2 Å². The number of nitrogen functional groups attached to an aromatic ring is 1. The normalized spacial score (nSPS) is 11.9. The third-order valence-electron chi connectivity index (χ3n) is 5.87. The number of nitrogens with two attached hydrogens (primary N) is 2. The Morgan fingerprint density at radius 1 is 1.05 bits per heavy atom. The van der Waals surface area contributed by atoms with E-state index in [1.807, 2.05) is 0 Å². The molecule has 0 aliphatic rings. The number of nitrogens with zero attached hydrogens (tertiary/aromatic N) is 1. The SMILES string of the molecule is N=C(N)c1ccc2nc(-c3cc(CC(=O)NCCS(=O)(=O)O)c(S(N)(=O)=O)c(-c4ccccc4O)c3O)[nH]c2c1. The number of hydrogen-bond donors (Lipinski definition) is 8. The number of para-hydroxylation sites is 1. The van der Waals surface area contributed by atoms with Gasteiger partial charge in [-0.05, 0) is 35.9 Å². The molecule has 0 spiro atoms. The van der Waals surface area contributed by atoms with Crippen molar-refractivity contribution < 1.29 is 36.4 Å². The standard InChI is InChI=1S/C24H24N6O8S2/c25-23(26)12-5-6-16-17(10-12)30-24(29-16)15-9-13(11-19(32)28-7-8-39(34,35)36)22(40(27,37)38)20(21(15)33)14-3-1-2-4-18(14)31/h1-6,9-10,31,33H,7-8,11H2,(H3,25,26)(H,28,32)(H,29,30)(H2,27,37,38)(H,34,35,36). The van der Waals surface area contributed by atoms with Crippen molar-refractivity contribution in [2.45, 2.75) is 11.3 Å². The summed E-state index contributed by atoms with van der Waals surface area (Å²) in [6, 6.07) is 11.5. The summed E-state index contributed by atoms with van der Waals surface area (Å²) in [6.07, 6.45) is -0.639. The Balaban J connectivity index is 1.96. The minimum absolute atomic E-state index is 0.0491. The van der Waals surface area contributed by atoms with Crippen molar-refractivity contribution in [3.63, 3.8) is 0 Å². The fourth-order valence-electron chi connectivity index (χ4n) is 4.14. The number of nitrogens with one attached hydrogen (secondary N) is 3. The predicted molar refractivity (Wildman–Crippen MR) is 146 cm³/mol. The Labute approximate surface area is 228 Å². The third kappa shape index (κ3) is 6.04. The molecule has 1 aromatic heterocycles. The van der Waals surface area contributed by atoms with E-state index in [1.165, 1.54) is 30.3 Å². The molecule has 4 aromatic rings. The van der Waals surface area contributed by atoms with Crippen LogP contribution >= 0.6 is 0 Å². The number of aromatic nitrogens is 2. The number of rotatable bonds is 9. The first kappa shape index (κ1) is 28.5. The number of imidazole rings is 1. The van der Waals surface area contributed by atoms with E-state index in [-0.39, 0.29) is 39.7 Å². The van der Waals surface area contributed by atoms with Crippen LogP contribution in [0, 0.1) is 5.41 Å². The van der Waals surface area contributed by atoms with Crippen LogP contribution in [0.5, 0.6) is 11.5 Å². The zero-order chi connectivity index (χ0) is 29.4. The predicted octanol–water partition coefficient (Wildman–Crippen LogP) is 0.786. The Morgan fingerprint density at radius 3 is 2.38 bits per heavy atom. The maximum Gasteiger partial charge on any atom is 0.266 e. The summed E-state index contributed by atoms with van der Waals surface area (Å²) in [5.41, 5.74) is 6.08. The van der Waals surface area contributed by atoms with Gasteiger partial charge in [-0.15, -0.1) is 0 Å². The lowest BCUT2D eigenvalue weighted by Gasteiger charge is -2.18. The number of sulfonamides is 1. The number of benzene rings is 3. The molecule has 0 fully saturated rings. The highest BCUT2D eigenvalue weighted by atomic mass is 32.2. The first-order valence-corrected chi connectivity index (χ1v) is 14.6. The van der Waals surface area contributed by atoms with E-state index < -0.39 is 55.4 Å². The molecule has 0 unspecified atom stereocenters. The molecule has 1 heterocycles. The van der Waals surface area contributed by atoms with E-state index in [4.69, 9.17) is 20.8 Å². The average molecular weight is 589 g/mol. The van der Waals surface area contributed by atoms with Gasteiger partial charge in [0.1, 0.15) is 23.2 Å². The second-order valence-corrected chi connectivity index (χ2v) is 11.8. The van der Waals surface area contributed by atoms with E-state index in [0.29, 0.717) is 16.6 Å². The maximum atomic E-state index is 12.8. The molecule has 10 N–H and O–H groups in total. The lowest BCUT2D eigenvalue weighted by atomic mass is 9.95. The van der Waals surface area contributed by atoms with Crippen LogP contribution in [0.3, 0.4) is 0 Å². The summed E-state index contributed by atoms with van der Waals surface area (Å²) in [5, 5.41) is 37.4. The number of fused-ring (bicyclic) bond motifs is 1. The molecule has 16 heteroatoms. The molecular formula is C24H24N6O8S2. The number of phenols is 2. The number of primary sulfonamides is 1. The van der Waals surface area contributed by atoms with Crippen LogP contribution in [0.25, 0.3) is 33.5 Å². The summed E-state index contributed by atoms with van der Waals surface area (Å²) in [5.74, 6) is -2.73. The van der Waals surface area contributed by atoms with Crippen molar-refractivity contribution in [2.75, 3.05) is 12.3 Å². The number of H-pyrrole nitrogens is 1. The molecule has 0 saturated heterocycles. The molecule has 0 aliphatic heterocycles. The van der Waals surface area contributed by atoms with Crippen LogP contribution in [0.1, 0.15) is 11.1 Å². The first-order valence-electron chi connectivity index (χ1n) is 11.4. The lowest BCUT2D eigenvalue weighted by molar-refractivity contribution is -0.120. The smallest absolute Gasteiger partial charge is 0.266 e. The third-order valence-corrected chi connectivity index (χ3v) is 7.62. The number of aromatic hydroxyl groups is 2. The van der Waals surface area contributed by atoms with Gasteiger partial charge in [0.15, 0.2) is 0 Å². The van der Waals surface area contributed by atoms with Gasteiger partial charge in [0.05, 0.1) is 33.7 Å². The Morgan fingerprint density at radius 2 is 1.75 bits per heavy atom. The Hall–Kier alpha value is -4.51. The van der Waals surface area contributed by atoms with Crippen molar-refractivity contribution >= 4 is 42.9 Å². The molecule has 40 heavy (non-hydrogen) atoms. The van der Waals surface area contributed by atoms with Gasteiger partial charge in [0.2, 0.25) is 15.9 Å². The van der Waals surface area contributed by atoms with Crippen LogP contribution in [0.15, 0.2) is 53.4 Å². The minimum Gasteiger partial charge on any atom is -0.507 e.